The number of fused-ring (bicyclic) bond motifs is 1. The Morgan fingerprint density at radius 3 is 2.68 bits per heavy atom. The molecular weight excluding hydrogens is 253 g/mol. The van der Waals surface area contributed by atoms with Crippen molar-refractivity contribution in [1.82, 2.24) is 5.32 Å². The van der Waals surface area contributed by atoms with Crippen LogP contribution in [0, 0.1) is 0 Å². The first kappa shape index (κ1) is 14.2. The van der Waals surface area contributed by atoms with Crippen LogP contribution < -0.4 is 10.2 Å². The van der Waals surface area contributed by atoms with Crippen LogP contribution in [0.3, 0.4) is 0 Å². The Morgan fingerprint density at radius 1 is 1.37 bits per heavy atom. The molecule has 0 amide bonds. The lowest BCUT2D eigenvalue weighted by Crippen LogP contribution is -2.22. The number of alkyl halides is 3. The molecule has 0 saturated heterocycles. The molecule has 1 aliphatic rings. The smallest absolute Gasteiger partial charge is 0.371 e. The molecule has 0 aromatic heterocycles. The van der Waals surface area contributed by atoms with Crippen LogP contribution in [0.15, 0.2) is 18.2 Å². The molecule has 1 aromatic carbocycles. The van der Waals surface area contributed by atoms with Gasteiger partial charge in [-0.2, -0.15) is 13.2 Å². The van der Waals surface area contributed by atoms with E-state index in [0.717, 1.165) is 25.2 Å². The van der Waals surface area contributed by atoms with E-state index in [1.54, 1.807) is 6.07 Å². The van der Waals surface area contributed by atoms with Gasteiger partial charge in [-0.25, -0.2) is 0 Å². The number of hydrogen-bond acceptors (Lipinski definition) is 2. The van der Waals surface area contributed by atoms with Crippen molar-refractivity contribution in [3.8, 4) is 0 Å². The van der Waals surface area contributed by atoms with Crippen LogP contribution in [-0.2, 0) is 6.18 Å². The third kappa shape index (κ3) is 2.71. The molecular formula is C14H19F3N2. The lowest BCUT2D eigenvalue weighted by atomic mass is 9.93. The largest absolute Gasteiger partial charge is 0.416 e. The summed E-state index contributed by atoms with van der Waals surface area (Å²) in [5, 5.41) is 3.02. The minimum atomic E-state index is -4.27. The maximum absolute atomic E-state index is 13.1. The summed E-state index contributed by atoms with van der Waals surface area (Å²) in [6.45, 7) is 4.13. The molecule has 0 radical (unpaired) electrons. The van der Waals surface area contributed by atoms with Crippen LogP contribution in [0.5, 0.6) is 0 Å². The molecule has 1 N–H and O–H groups in total. The van der Waals surface area contributed by atoms with Crippen LogP contribution in [0.1, 0.15) is 30.4 Å². The van der Waals surface area contributed by atoms with Crippen LogP contribution >= 0.6 is 0 Å². The number of nitrogens with zero attached hydrogens (tertiary/aromatic N) is 1. The fourth-order valence-electron chi connectivity index (χ4n) is 2.81. The number of nitrogens with one attached hydrogen (secondary N) is 1. The van der Waals surface area contributed by atoms with E-state index >= 15 is 0 Å². The summed E-state index contributed by atoms with van der Waals surface area (Å²) in [4.78, 5) is 2.03. The topological polar surface area (TPSA) is 15.3 Å². The molecule has 0 bridgehead atoms. The molecule has 0 saturated carbocycles. The lowest BCUT2D eigenvalue weighted by molar-refractivity contribution is -0.138. The van der Waals surface area contributed by atoms with Crippen molar-refractivity contribution >= 4 is 5.69 Å². The SMILES string of the molecule is CCN1CC(CCNC)c2c1cccc2C(F)(F)F. The summed E-state index contributed by atoms with van der Waals surface area (Å²) in [6.07, 6.45) is -3.54. The van der Waals surface area contributed by atoms with Gasteiger partial charge in [0, 0.05) is 24.7 Å². The third-order valence-corrected chi connectivity index (χ3v) is 3.70. The average molecular weight is 272 g/mol. The number of hydrogen-bond donors (Lipinski definition) is 1. The van der Waals surface area contributed by atoms with Gasteiger partial charge < -0.3 is 10.2 Å². The third-order valence-electron chi connectivity index (χ3n) is 3.70. The van der Waals surface area contributed by atoms with E-state index < -0.39 is 11.7 Å². The molecule has 1 atom stereocenters. The molecule has 5 heteroatoms. The van der Waals surface area contributed by atoms with Crippen molar-refractivity contribution in [3.05, 3.63) is 29.3 Å². The molecule has 19 heavy (non-hydrogen) atoms. The predicted octanol–water partition coefficient (Wildman–Crippen LogP) is 3.24. The first-order valence-electron chi connectivity index (χ1n) is 6.58. The van der Waals surface area contributed by atoms with Gasteiger partial charge >= 0.3 is 6.18 Å². The second kappa shape index (κ2) is 5.41. The Hall–Kier alpha value is -1.23. The average Bonchev–Trinajstić information content (AvgIpc) is 2.73. The molecule has 2 rings (SSSR count). The van der Waals surface area contributed by atoms with Crippen molar-refractivity contribution < 1.29 is 13.2 Å². The number of rotatable bonds is 4. The molecule has 1 unspecified atom stereocenters. The Kier molecular flexibility index (Phi) is 4.04. The fraction of sp³-hybridized carbons (Fsp3) is 0.571. The van der Waals surface area contributed by atoms with Crippen molar-refractivity contribution in [2.24, 2.45) is 0 Å². The molecule has 2 nitrogen and oxygen atoms in total. The van der Waals surface area contributed by atoms with E-state index in [9.17, 15) is 13.2 Å². The molecule has 106 valence electrons. The monoisotopic (exact) mass is 272 g/mol. The molecule has 1 aliphatic heterocycles. The number of anilines is 1. The minimum absolute atomic E-state index is 0.0415. The highest BCUT2D eigenvalue weighted by atomic mass is 19.4. The van der Waals surface area contributed by atoms with E-state index in [0.29, 0.717) is 12.1 Å². The van der Waals surface area contributed by atoms with Crippen LogP contribution in [0.4, 0.5) is 18.9 Å². The van der Waals surface area contributed by atoms with E-state index in [-0.39, 0.29) is 5.92 Å². The van der Waals surface area contributed by atoms with E-state index in [4.69, 9.17) is 0 Å². The minimum Gasteiger partial charge on any atom is -0.371 e. The molecule has 1 aromatic rings. The highest BCUT2D eigenvalue weighted by Crippen LogP contribution is 2.45. The number of benzene rings is 1. The summed E-state index contributed by atoms with van der Waals surface area (Å²) < 4.78 is 39.4. The summed E-state index contributed by atoms with van der Waals surface area (Å²) in [6, 6.07) is 4.50. The lowest BCUT2D eigenvalue weighted by Gasteiger charge is -2.17. The zero-order valence-corrected chi connectivity index (χ0v) is 11.2. The van der Waals surface area contributed by atoms with Crippen molar-refractivity contribution in [2.45, 2.75) is 25.4 Å². The van der Waals surface area contributed by atoms with Crippen LogP contribution in [0.25, 0.3) is 0 Å². The maximum atomic E-state index is 13.1. The Labute approximate surface area is 111 Å². The van der Waals surface area contributed by atoms with Gasteiger partial charge in [-0.15, -0.1) is 0 Å². The summed E-state index contributed by atoms with van der Waals surface area (Å²) in [5.74, 6) is -0.0415. The quantitative estimate of drug-likeness (QED) is 0.905. The first-order chi connectivity index (χ1) is 8.99. The zero-order chi connectivity index (χ0) is 14.0. The van der Waals surface area contributed by atoms with Crippen molar-refractivity contribution in [2.75, 3.05) is 31.6 Å². The van der Waals surface area contributed by atoms with Gasteiger partial charge in [-0.3, -0.25) is 0 Å². The van der Waals surface area contributed by atoms with Gasteiger partial charge in [0.15, 0.2) is 0 Å². The second-order valence-electron chi connectivity index (χ2n) is 4.86. The standard InChI is InChI=1S/C14H19F3N2/c1-3-19-9-10(7-8-18-2)13-11(14(15,16)17)5-4-6-12(13)19/h4-6,10,18H,3,7-9H2,1-2H3. The molecule has 1 heterocycles. The normalized spacial score (nSPS) is 18.8. The summed E-state index contributed by atoms with van der Waals surface area (Å²) in [5.41, 5.74) is 0.757. The van der Waals surface area contributed by atoms with Gasteiger partial charge in [-0.05, 0) is 44.6 Å². The fourth-order valence-corrected chi connectivity index (χ4v) is 2.81. The van der Waals surface area contributed by atoms with E-state index in [1.165, 1.54) is 12.1 Å². The Bertz CT molecular complexity index is 443. The summed E-state index contributed by atoms with van der Waals surface area (Å²) in [7, 11) is 1.82. The van der Waals surface area contributed by atoms with Crippen LogP contribution in [-0.4, -0.2) is 26.7 Å². The summed E-state index contributed by atoms with van der Waals surface area (Å²) >= 11 is 0. The molecule has 0 spiro atoms. The van der Waals surface area contributed by atoms with Crippen molar-refractivity contribution in [1.29, 1.82) is 0 Å². The zero-order valence-electron chi connectivity index (χ0n) is 11.2. The van der Waals surface area contributed by atoms with E-state index in [1.807, 2.05) is 18.9 Å². The molecule has 0 fully saturated rings. The predicted molar refractivity (Wildman–Crippen MR) is 70.6 cm³/mol. The number of halogens is 3. The van der Waals surface area contributed by atoms with Gasteiger partial charge in [0.1, 0.15) is 0 Å². The molecule has 0 aliphatic carbocycles. The van der Waals surface area contributed by atoms with Crippen LogP contribution in [0.2, 0.25) is 0 Å². The number of likely N-dealkylation sites (N-methyl/N-ethyl adjacent to an activating group) is 1. The van der Waals surface area contributed by atoms with Gasteiger partial charge in [-0.1, -0.05) is 6.07 Å². The van der Waals surface area contributed by atoms with E-state index in [2.05, 4.69) is 5.32 Å². The maximum Gasteiger partial charge on any atom is 0.416 e. The highest BCUT2D eigenvalue weighted by Gasteiger charge is 2.39. The van der Waals surface area contributed by atoms with Crippen molar-refractivity contribution in [3.63, 3.8) is 0 Å². The highest BCUT2D eigenvalue weighted by molar-refractivity contribution is 5.63. The second-order valence-corrected chi connectivity index (χ2v) is 4.86. The Balaban J connectivity index is 2.43. The first-order valence-corrected chi connectivity index (χ1v) is 6.58. The van der Waals surface area contributed by atoms with Gasteiger partial charge in [0.25, 0.3) is 0 Å². The Morgan fingerprint density at radius 2 is 2.11 bits per heavy atom. The van der Waals surface area contributed by atoms with Gasteiger partial charge in [0.05, 0.1) is 5.56 Å². The van der Waals surface area contributed by atoms with Gasteiger partial charge in [0.2, 0.25) is 0 Å².